The number of ether oxygens (including phenoxy) is 3. The van der Waals surface area contributed by atoms with Gasteiger partial charge in [-0.1, -0.05) is 0 Å². The van der Waals surface area contributed by atoms with Gasteiger partial charge in [0.1, 0.15) is 11.6 Å². The minimum absolute atomic E-state index is 0.461. The summed E-state index contributed by atoms with van der Waals surface area (Å²) in [6.45, 7) is 4.08. The smallest absolute Gasteiger partial charge is 0.167 e. The van der Waals surface area contributed by atoms with Gasteiger partial charge in [-0.15, -0.1) is 0 Å². The summed E-state index contributed by atoms with van der Waals surface area (Å²) in [6, 6.07) is 9.87. The molecule has 0 spiro atoms. The van der Waals surface area contributed by atoms with Crippen molar-refractivity contribution >= 4 is 16.7 Å². The molecule has 3 rings (SSSR count). The largest absolute Gasteiger partial charge is 0.497 e. The zero-order chi connectivity index (χ0) is 14.7. The summed E-state index contributed by atoms with van der Waals surface area (Å²) in [7, 11) is 1.66. The average Bonchev–Trinajstić information content (AvgIpc) is 2.93. The molecule has 0 radical (unpaired) electrons. The number of benzene rings is 1. The third-order valence-corrected chi connectivity index (χ3v) is 3.68. The highest BCUT2D eigenvalue weighted by Gasteiger charge is 2.30. The number of aromatic nitrogens is 1. The van der Waals surface area contributed by atoms with E-state index in [1.807, 2.05) is 37.3 Å². The molecule has 21 heavy (non-hydrogen) atoms. The highest BCUT2D eigenvalue weighted by molar-refractivity contribution is 5.81. The molecule has 2 aromatic rings. The van der Waals surface area contributed by atoms with E-state index in [1.54, 1.807) is 7.11 Å². The molecule has 0 atom stereocenters. The van der Waals surface area contributed by atoms with Crippen molar-refractivity contribution in [2.75, 3.05) is 32.2 Å². The van der Waals surface area contributed by atoms with Gasteiger partial charge in [-0.2, -0.15) is 0 Å². The Labute approximate surface area is 124 Å². The van der Waals surface area contributed by atoms with Crippen LogP contribution in [-0.4, -0.2) is 37.6 Å². The minimum atomic E-state index is -0.461. The summed E-state index contributed by atoms with van der Waals surface area (Å²) >= 11 is 0. The number of rotatable bonds is 5. The van der Waals surface area contributed by atoms with Crippen molar-refractivity contribution in [2.45, 2.75) is 19.1 Å². The molecule has 112 valence electrons. The Balaban J connectivity index is 1.64. The Morgan fingerprint density at radius 2 is 2.05 bits per heavy atom. The van der Waals surface area contributed by atoms with Gasteiger partial charge in [-0.05, 0) is 37.3 Å². The third kappa shape index (κ3) is 3.25. The fraction of sp³-hybridized carbons (Fsp3) is 0.438. The fourth-order valence-corrected chi connectivity index (χ4v) is 2.45. The zero-order valence-corrected chi connectivity index (χ0v) is 12.4. The summed E-state index contributed by atoms with van der Waals surface area (Å²) in [5.74, 6) is 1.24. The van der Waals surface area contributed by atoms with E-state index >= 15 is 0 Å². The van der Waals surface area contributed by atoms with Gasteiger partial charge in [0.15, 0.2) is 5.79 Å². The lowest BCUT2D eigenvalue weighted by atomic mass is 10.2. The van der Waals surface area contributed by atoms with Gasteiger partial charge >= 0.3 is 0 Å². The predicted molar refractivity (Wildman–Crippen MR) is 81.7 cm³/mol. The van der Waals surface area contributed by atoms with E-state index in [-0.39, 0.29) is 0 Å². The van der Waals surface area contributed by atoms with Crippen LogP contribution < -0.4 is 10.1 Å². The van der Waals surface area contributed by atoms with Crippen LogP contribution in [0, 0.1) is 0 Å². The summed E-state index contributed by atoms with van der Waals surface area (Å²) in [5.41, 5.74) is 0.945. The van der Waals surface area contributed by atoms with Gasteiger partial charge in [0, 0.05) is 18.4 Å². The Bertz CT molecular complexity index is 624. The maximum absolute atomic E-state index is 5.58. The van der Waals surface area contributed by atoms with Crippen molar-refractivity contribution in [1.29, 1.82) is 0 Å². The molecular weight excluding hydrogens is 268 g/mol. The normalized spacial score (nSPS) is 17.0. The van der Waals surface area contributed by atoms with Gasteiger partial charge in [0.05, 0.1) is 25.8 Å². The Kier molecular flexibility index (Phi) is 3.94. The van der Waals surface area contributed by atoms with Crippen LogP contribution >= 0.6 is 0 Å². The molecule has 1 saturated heterocycles. The number of nitrogens with one attached hydrogen (secondary N) is 1. The number of pyridine rings is 1. The third-order valence-electron chi connectivity index (χ3n) is 3.68. The maximum Gasteiger partial charge on any atom is 0.167 e. The van der Waals surface area contributed by atoms with E-state index in [2.05, 4.69) is 10.3 Å². The molecule has 0 unspecified atom stereocenters. The number of methoxy groups -OCH3 is 1. The first-order valence-electron chi connectivity index (χ1n) is 7.15. The van der Waals surface area contributed by atoms with E-state index in [0.717, 1.165) is 35.4 Å². The molecule has 1 aromatic carbocycles. The molecule has 1 aliphatic rings. The van der Waals surface area contributed by atoms with Crippen molar-refractivity contribution in [1.82, 2.24) is 4.98 Å². The molecule has 1 aliphatic heterocycles. The lowest BCUT2D eigenvalue weighted by Gasteiger charge is -2.22. The minimum Gasteiger partial charge on any atom is -0.497 e. The molecule has 1 fully saturated rings. The first-order chi connectivity index (χ1) is 10.2. The van der Waals surface area contributed by atoms with Crippen LogP contribution in [-0.2, 0) is 9.47 Å². The summed E-state index contributed by atoms with van der Waals surface area (Å²) < 4.78 is 16.4. The Morgan fingerprint density at radius 1 is 1.24 bits per heavy atom. The molecule has 5 nitrogen and oxygen atoms in total. The number of fused-ring (bicyclic) bond motifs is 1. The molecule has 2 heterocycles. The van der Waals surface area contributed by atoms with Crippen LogP contribution in [0.1, 0.15) is 13.3 Å². The first-order valence-corrected chi connectivity index (χ1v) is 7.15. The van der Waals surface area contributed by atoms with Gasteiger partial charge < -0.3 is 19.5 Å². The Hall–Kier alpha value is -1.85. The van der Waals surface area contributed by atoms with E-state index in [1.165, 1.54) is 0 Å². The van der Waals surface area contributed by atoms with Crippen LogP contribution in [0.15, 0.2) is 30.3 Å². The van der Waals surface area contributed by atoms with Gasteiger partial charge in [0.2, 0.25) is 0 Å². The van der Waals surface area contributed by atoms with Gasteiger partial charge in [0.25, 0.3) is 0 Å². The van der Waals surface area contributed by atoms with Crippen LogP contribution in [0.4, 0.5) is 5.82 Å². The molecule has 0 aliphatic carbocycles. The van der Waals surface area contributed by atoms with E-state index in [9.17, 15) is 0 Å². The van der Waals surface area contributed by atoms with Crippen LogP contribution in [0.25, 0.3) is 10.9 Å². The van der Waals surface area contributed by atoms with Crippen LogP contribution in [0.2, 0.25) is 0 Å². The van der Waals surface area contributed by atoms with E-state index in [4.69, 9.17) is 14.2 Å². The zero-order valence-electron chi connectivity index (χ0n) is 12.4. The van der Waals surface area contributed by atoms with Crippen molar-refractivity contribution in [3.05, 3.63) is 30.3 Å². The number of nitrogens with zero attached hydrogens (tertiary/aromatic N) is 1. The number of hydrogen-bond acceptors (Lipinski definition) is 5. The van der Waals surface area contributed by atoms with E-state index in [0.29, 0.717) is 13.2 Å². The first kappa shape index (κ1) is 14.1. The number of hydrogen-bond donors (Lipinski definition) is 1. The summed E-state index contributed by atoms with van der Waals surface area (Å²) in [5, 5.41) is 4.38. The fourth-order valence-electron chi connectivity index (χ4n) is 2.45. The number of anilines is 1. The topological polar surface area (TPSA) is 52.6 Å². The van der Waals surface area contributed by atoms with Crippen molar-refractivity contribution < 1.29 is 14.2 Å². The molecule has 0 saturated carbocycles. The van der Waals surface area contributed by atoms with Gasteiger partial charge in [-0.25, -0.2) is 4.98 Å². The van der Waals surface area contributed by atoms with Crippen LogP contribution in [0.3, 0.4) is 0 Å². The quantitative estimate of drug-likeness (QED) is 0.917. The highest BCUT2D eigenvalue weighted by Crippen LogP contribution is 2.23. The van der Waals surface area contributed by atoms with Gasteiger partial charge in [-0.3, -0.25) is 0 Å². The molecule has 1 N–H and O–H groups in total. The second-order valence-corrected chi connectivity index (χ2v) is 5.26. The highest BCUT2D eigenvalue weighted by atomic mass is 16.7. The lowest BCUT2D eigenvalue weighted by Crippen LogP contribution is -2.28. The Morgan fingerprint density at radius 3 is 2.81 bits per heavy atom. The van der Waals surface area contributed by atoms with Crippen LogP contribution in [0.5, 0.6) is 5.75 Å². The second-order valence-electron chi connectivity index (χ2n) is 5.26. The second kappa shape index (κ2) is 5.87. The lowest BCUT2D eigenvalue weighted by molar-refractivity contribution is -0.144. The van der Waals surface area contributed by atoms with Crippen molar-refractivity contribution in [3.8, 4) is 5.75 Å². The molecule has 0 bridgehead atoms. The SMILES string of the molecule is COc1ccc2nc(NCCC3(C)OCCO3)ccc2c1. The predicted octanol–water partition coefficient (Wildman–Crippen LogP) is 2.81. The summed E-state index contributed by atoms with van der Waals surface area (Å²) in [4.78, 5) is 4.59. The maximum atomic E-state index is 5.58. The molecule has 5 heteroatoms. The summed E-state index contributed by atoms with van der Waals surface area (Å²) in [6.07, 6.45) is 0.787. The van der Waals surface area contributed by atoms with Crippen molar-refractivity contribution in [2.24, 2.45) is 0 Å². The molecular formula is C16H20N2O3. The molecule has 0 amide bonds. The monoisotopic (exact) mass is 288 g/mol. The van der Waals surface area contributed by atoms with Crippen molar-refractivity contribution in [3.63, 3.8) is 0 Å². The standard InChI is InChI=1S/C16H20N2O3/c1-16(20-9-10-21-16)7-8-17-15-6-3-12-11-13(19-2)4-5-14(12)18-15/h3-6,11H,7-10H2,1-2H3,(H,17,18). The molecule has 1 aromatic heterocycles. The average molecular weight is 288 g/mol. The van der Waals surface area contributed by atoms with E-state index < -0.39 is 5.79 Å².